The third kappa shape index (κ3) is 6.06. The van der Waals surface area contributed by atoms with Gasteiger partial charge in [-0.25, -0.2) is 9.59 Å². The van der Waals surface area contributed by atoms with Gasteiger partial charge in [0.05, 0.1) is 18.3 Å². The Balaban J connectivity index is 2.22. The minimum atomic E-state index is -0.611. The highest BCUT2D eigenvalue weighted by Crippen LogP contribution is 2.34. The molecule has 1 aromatic carbocycles. The Labute approximate surface area is 180 Å². The average Bonchev–Trinajstić information content (AvgIpc) is 2.95. The molecule has 30 heavy (non-hydrogen) atoms. The molecule has 2 aromatic rings. The molecule has 0 unspecified atom stereocenters. The van der Waals surface area contributed by atoms with Gasteiger partial charge in [-0.3, -0.25) is 4.79 Å². The summed E-state index contributed by atoms with van der Waals surface area (Å²) in [7, 11) is 0. The number of esters is 2. The Bertz CT molecular complexity index is 927. The molecule has 0 radical (unpaired) electrons. The van der Waals surface area contributed by atoms with E-state index >= 15 is 0 Å². The van der Waals surface area contributed by atoms with Crippen LogP contribution >= 0.6 is 11.3 Å². The number of aryl methyl sites for hydroxylation is 2. The van der Waals surface area contributed by atoms with E-state index in [1.54, 1.807) is 27.7 Å². The molecule has 0 aliphatic heterocycles. The molecule has 1 N–H and O–H groups in total. The Morgan fingerprint density at radius 1 is 1.03 bits per heavy atom. The van der Waals surface area contributed by atoms with Crippen molar-refractivity contribution in [3.05, 3.63) is 45.3 Å². The van der Waals surface area contributed by atoms with Gasteiger partial charge in [0.25, 0.3) is 5.91 Å². The van der Waals surface area contributed by atoms with Crippen LogP contribution in [-0.2, 0) is 14.3 Å². The van der Waals surface area contributed by atoms with Gasteiger partial charge >= 0.3 is 11.9 Å². The van der Waals surface area contributed by atoms with E-state index in [-0.39, 0.29) is 34.8 Å². The molecule has 162 valence electrons. The molecule has 7 nitrogen and oxygen atoms in total. The zero-order valence-corrected chi connectivity index (χ0v) is 18.9. The summed E-state index contributed by atoms with van der Waals surface area (Å²) >= 11 is 0.982. The lowest BCUT2D eigenvalue weighted by molar-refractivity contribution is -0.118. The van der Waals surface area contributed by atoms with Crippen LogP contribution in [0.3, 0.4) is 0 Å². The maximum atomic E-state index is 12.5. The van der Waals surface area contributed by atoms with Crippen molar-refractivity contribution in [1.82, 2.24) is 0 Å². The summed E-state index contributed by atoms with van der Waals surface area (Å²) in [6, 6.07) is 5.67. The van der Waals surface area contributed by atoms with Crippen LogP contribution in [0.4, 0.5) is 5.00 Å². The average molecular weight is 434 g/mol. The lowest BCUT2D eigenvalue weighted by atomic mass is 10.1. The van der Waals surface area contributed by atoms with Crippen molar-refractivity contribution in [2.45, 2.75) is 47.6 Å². The number of benzene rings is 1. The van der Waals surface area contributed by atoms with Gasteiger partial charge in [-0.05, 0) is 70.4 Å². The number of thiophene rings is 1. The van der Waals surface area contributed by atoms with Crippen molar-refractivity contribution in [3.63, 3.8) is 0 Å². The van der Waals surface area contributed by atoms with E-state index in [1.807, 2.05) is 32.0 Å². The van der Waals surface area contributed by atoms with Crippen LogP contribution in [0.25, 0.3) is 0 Å². The minimum absolute atomic E-state index is 0.150. The largest absolute Gasteiger partial charge is 0.484 e. The summed E-state index contributed by atoms with van der Waals surface area (Å²) < 4.78 is 15.9. The lowest BCUT2D eigenvalue weighted by Gasteiger charge is -2.09. The highest BCUT2D eigenvalue weighted by atomic mass is 32.1. The van der Waals surface area contributed by atoms with Crippen LogP contribution in [0.1, 0.15) is 57.5 Å². The van der Waals surface area contributed by atoms with Crippen LogP contribution in [0.15, 0.2) is 18.2 Å². The van der Waals surface area contributed by atoms with E-state index in [0.717, 1.165) is 22.5 Å². The fourth-order valence-electron chi connectivity index (χ4n) is 2.84. The molecule has 0 fully saturated rings. The number of hydrogen-bond acceptors (Lipinski definition) is 7. The standard InChI is InChI=1S/C22H27NO6S/c1-7-27-21(25)18-15(6)19(22(26)29-12(2)3)30-20(18)23-17(24)11-28-16-9-13(4)8-14(5)10-16/h8-10,12H,7,11H2,1-6H3,(H,23,24). The third-order valence-electron chi connectivity index (χ3n) is 3.97. The molecule has 0 atom stereocenters. The Hall–Kier alpha value is -2.87. The fourth-order valence-corrected chi connectivity index (χ4v) is 3.93. The number of nitrogens with one attached hydrogen (secondary N) is 1. The monoisotopic (exact) mass is 433 g/mol. The first kappa shape index (κ1) is 23.4. The molecular formula is C22H27NO6S. The van der Waals surface area contributed by atoms with Crippen LogP contribution in [-0.4, -0.2) is 37.2 Å². The number of carbonyl (C=O) groups excluding carboxylic acids is 3. The summed E-state index contributed by atoms with van der Waals surface area (Å²) in [5.41, 5.74) is 2.61. The SMILES string of the molecule is CCOC(=O)c1c(NC(=O)COc2cc(C)cc(C)c2)sc(C(=O)OC(C)C)c1C. The smallest absolute Gasteiger partial charge is 0.348 e. The van der Waals surface area contributed by atoms with Crippen molar-refractivity contribution in [1.29, 1.82) is 0 Å². The summed E-state index contributed by atoms with van der Waals surface area (Å²) in [5, 5.41) is 2.90. The Morgan fingerprint density at radius 2 is 1.67 bits per heavy atom. The highest BCUT2D eigenvalue weighted by molar-refractivity contribution is 7.18. The molecule has 0 aliphatic carbocycles. The van der Waals surface area contributed by atoms with Gasteiger partial charge in [-0.15, -0.1) is 11.3 Å². The molecule has 8 heteroatoms. The molecule has 0 saturated heterocycles. The molecule has 0 aliphatic rings. The predicted octanol–water partition coefficient (Wildman–Crippen LogP) is 4.43. The van der Waals surface area contributed by atoms with E-state index in [0.29, 0.717) is 11.3 Å². The molecule has 0 bridgehead atoms. The van der Waals surface area contributed by atoms with Crippen LogP contribution in [0, 0.1) is 20.8 Å². The van der Waals surface area contributed by atoms with Gasteiger partial charge in [-0.1, -0.05) is 6.07 Å². The molecule has 1 amide bonds. The maximum Gasteiger partial charge on any atom is 0.348 e. The number of hydrogen-bond donors (Lipinski definition) is 1. The normalized spacial score (nSPS) is 10.6. The minimum Gasteiger partial charge on any atom is -0.484 e. The summed E-state index contributed by atoms with van der Waals surface area (Å²) in [6.45, 7) is 10.6. The van der Waals surface area contributed by atoms with Crippen molar-refractivity contribution in [2.24, 2.45) is 0 Å². The summed E-state index contributed by atoms with van der Waals surface area (Å²) in [5.74, 6) is -1.04. The van der Waals surface area contributed by atoms with Crippen molar-refractivity contribution in [3.8, 4) is 5.75 Å². The number of amides is 1. The lowest BCUT2D eigenvalue weighted by Crippen LogP contribution is -2.21. The first-order valence-corrected chi connectivity index (χ1v) is 10.5. The van der Waals surface area contributed by atoms with Gasteiger partial charge in [-0.2, -0.15) is 0 Å². The Kier molecular flexibility index (Phi) is 8.00. The number of anilines is 1. The van der Waals surface area contributed by atoms with Crippen molar-refractivity contribution >= 4 is 34.2 Å². The van der Waals surface area contributed by atoms with Crippen molar-refractivity contribution < 1.29 is 28.6 Å². The van der Waals surface area contributed by atoms with Gasteiger partial charge < -0.3 is 19.5 Å². The van der Waals surface area contributed by atoms with E-state index < -0.39 is 17.8 Å². The van der Waals surface area contributed by atoms with Crippen LogP contribution < -0.4 is 10.1 Å². The maximum absolute atomic E-state index is 12.5. The fraction of sp³-hybridized carbons (Fsp3) is 0.409. The molecule has 2 rings (SSSR count). The molecule has 0 spiro atoms. The second kappa shape index (κ2) is 10.2. The molecule has 1 aromatic heterocycles. The summed E-state index contributed by atoms with van der Waals surface area (Å²) in [6.07, 6.45) is -0.311. The topological polar surface area (TPSA) is 90.9 Å². The summed E-state index contributed by atoms with van der Waals surface area (Å²) in [4.78, 5) is 37.5. The van der Waals surface area contributed by atoms with E-state index in [9.17, 15) is 14.4 Å². The van der Waals surface area contributed by atoms with E-state index in [2.05, 4.69) is 5.32 Å². The highest BCUT2D eigenvalue weighted by Gasteiger charge is 2.27. The number of rotatable bonds is 8. The zero-order chi connectivity index (χ0) is 22.4. The second-order valence-electron chi connectivity index (χ2n) is 7.10. The molecule has 1 heterocycles. The molecule has 0 saturated carbocycles. The van der Waals surface area contributed by atoms with Crippen molar-refractivity contribution in [2.75, 3.05) is 18.5 Å². The Morgan fingerprint density at radius 3 is 2.23 bits per heavy atom. The first-order valence-electron chi connectivity index (χ1n) is 9.64. The zero-order valence-electron chi connectivity index (χ0n) is 18.1. The van der Waals surface area contributed by atoms with Crippen LogP contribution in [0.5, 0.6) is 5.75 Å². The second-order valence-corrected chi connectivity index (χ2v) is 8.12. The third-order valence-corrected chi connectivity index (χ3v) is 5.16. The predicted molar refractivity (Wildman–Crippen MR) is 116 cm³/mol. The number of ether oxygens (including phenoxy) is 3. The van der Waals surface area contributed by atoms with Gasteiger partial charge in [0.1, 0.15) is 15.6 Å². The quantitative estimate of drug-likeness (QED) is 0.619. The van der Waals surface area contributed by atoms with Gasteiger partial charge in [0, 0.05) is 0 Å². The number of carbonyl (C=O) groups is 3. The van der Waals surface area contributed by atoms with Gasteiger partial charge in [0.2, 0.25) is 0 Å². The van der Waals surface area contributed by atoms with E-state index in [4.69, 9.17) is 14.2 Å². The van der Waals surface area contributed by atoms with E-state index in [1.165, 1.54) is 0 Å². The first-order chi connectivity index (χ1) is 14.1. The molecular weight excluding hydrogens is 406 g/mol. The van der Waals surface area contributed by atoms with Crippen LogP contribution in [0.2, 0.25) is 0 Å². The van der Waals surface area contributed by atoms with Gasteiger partial charge in [0.15, 0.2) is 6.61 Å².